The second-order valence-corrected chi connectivity index (χ2v) is 7.29. The summed E-state index contributed by atoms with van der Waals surface area (Å²) >= 11 is 1.41. The third-order valence-corrected chi connectivity index (χ3v) is 5.17. The Labute approximate surface area is 166 Å². The van der Waals surface area contributed by atoms with Crippen LogP contribution in [0.4, 0.5) is 5.69 Å². The number of benzene rings is 1. The van der Waals surface area contributed by atoms with E-state index in [4.69, 9.17) is 4.74 Å². The van der Waals surface area contributed by atoms with Crippen molar-refractivity contribution in [3.05, 3.63) is 57.7 Å². The van der Waals surface area contributed by atoms with E-state index in [9.17, 15) is 10.1 Å². The van der Waals surface area contributed by atoms with Crippen LogP contribution in [0.15, 0.2) is 35.7 Å². The summed E-state index contributed by atoms with van der Waals surface area (Å²) in [4.78, 5) is 10.3. The molecule has 9 nitrogen and oxygen atoms in total. The number of aryl methyl sites for hydroxylation is 2. The van der Waals surface area contributed by atoms with Gasteiger partial charge in [-0.3, -0.25) is 14.8 Å². The molecular weight excluding hydrogens is 380 g/mol. The molecule has 0 amide bonds. The molecule has 1 atom stereocenters. The van der Waals surface area contributed by atoms with E-state index < -0.39 is 4.92 Å². The maximum atomic E-state index is 10.8. The zero-order valence-electron chi connectivity index (χ0n) is 16.2. The maximum absolute atomic E-state index is 10.8. The fourth-order valence-corrected chi connectivity index (χ4v) is 3.69. The number of thioether (sulfide) groups is 1. The van der Waals surface area contributed by atoms with Crippen molar-refractivity contribution in [1.29, 1.82) is 0 Å². The third kappa shape index (κ3) is 4.33. The number of hydrogen-bond acceptors (Lipinski definition) is 7. The summed E-state index contributed by atoms with van der Waals surface area (Å²) in [6, 6.07) is 6.06. The molecule has 0 aliphatic heterocycles. The topological polar surface area (TPSA) is 101 Å². The average molecular weight is 402 g/mol. The van der Waals surface area contributed by atoms with E-state index in [1.54, 1.807) is 0 Å². The summed E-state index contributed by atoms with van der Waals surface area (Å²) in [5, 5.41) is 24.0. The van der Waals surface area contributed by atoms with Crippen LogP contribution in [-0.4, -0.2) is 29.5 Å². The average Bonchev–Trinajstić information content (AvgIpc) is 3.28. The first-order valence-corrected chi connectivity index (χ1v) is 9.84. The maximum Gasteiger partial charge on any atom is 0.307 e. The van der Waals surface area contributed by atoms with Gasteiger partial charge in [-0.1, -0.05) is 29.5 Å². The fraction of sp³-hybridized carbons (Fsp3) is 0.389. The lowest BCUT2D eigenvalue weighted by atomic mass is 10.1. The molecule has 1 aromatic carbocycles. The molecule has 0 radical (unpaired) electrons. The summed E-state index contributed by atoms with van der Waals surface area (Å²) in [5.74, 6) is 1.95. The SMILES string of the molecule is CCn1c(SCn2cc([N+](=O)[O-])cn2)nnc1C(C)Oc1ccc(C)cc1C. The van der Waals surface area contributed by atoms with E-state index >= 15 is 0 Å². The number of aromatic nitrogens is 5. The predicted molar refractivity (Wildman–Crippen MR) is 105 cm³/mol. The van der Waals surface area contributed by atoms with Crippen LogP contribution in [0.25, 0.3) is 0 Å². The zero-order valence-corrected chi connectivity index (χ0v) is 17.0. The van der Waals surface area contributed by atoms with E-state index in [0.29, 0.717) is 17.6 Å². The second kappa shape index (κ2) is 8.42. The van der Waals surface area contributed by atoms with Gasteiger partial charge in [-0.05, 0) is 39.3 Å². The van der Waals surface area contributed by atoms with Gasteiger partial charge >= 0.3 is 5.69 Å². The predicted octanol–water partition coefficient (Wildman–Crippen LogP) is 3.91. The number of rotatable bonds is 8. The number of nitrogens with zero attached hydrogens (tertiary/aromatic N) is 6. The molecule has 28 heavy (non-hydrogen) atoms. The van der Waals surface area contributed by atoms with Crippen LogP contribution in [-0.2, 0) is 12.4 Å². The molecule has 2 aromatic heterocycles. The molecular formula is C18H22N6O3S. The summed E-state index contributed by atoms with van der Waals surface area (Å²) < 4.78 is 9.60. The van der Waals surface area contributed by atoms with Crippen LogP contribution in [0.2, 0.25) is 0 Å². The van der Waals surface area contributed by atoms with Gasteiger partial charge < -0.3 is 9.30 Å². The Morgan fingerprint density at radius 1 is 1.32 bits per heavy atom. The van der Waals surface area contributed by atoms with Gasteiger partial charge in [-0.15, -0.1) is 10.2 Å². The molecule has 0 bridgehead atoms. The van der Waals surface area contributed by atoms with Crippen LogP contribution < -0.4 is 4.74 Å². The second-order valence-electron chi connectivity index (χ2n) is 6.38. The van der Waals surface area contributed by atoms with E-state index in [0.717, 1.165) is 17.1 Å². The molecule has 3 rings (SSSR count). The zero-order chi connectivity index (χ0) is 20.3. The van der Waals surface area contributed by atoms with Crippen molar-refractivity contribution < 1.29 is 9.66 Å². The van der Waals surface area contributed by atoms with E-state index in [2.05, 4.69) is 21.4 Å². The summed E-state index contributed by atoms with van der Waals surface area (Å²) in [5.41, 5.74) is 2.23. The van der Waals surface area contributed by atoms with Gasteiger partial charge in [0.05, 0.1) is 10.8 Å². The van der Waals surface area contributed by atoms with Gasteiger partial charge in [-0.2, -0.15) is 5.10 Å². The molecule has 0 fully saturated rings. The Kier molecular flexibility index (Phi) is 5.98. The van der Waals surface area contributed by atoms with E-state index in [1.165, 1.54) is 34.4 Å². The molecule has 0 saturated heterocycles. The van der Waals surface area contributed by atoms with Crippen molar-refractivity contribution in [3.8, 4) is 5.75 Å². The Hall–Kier alpha value is -2.88. The first kappa shape index (κ1) is 19.9. The largest absolute Gasteiger partial charge is 0.482 e. The van der Waals surface area contributed by atoms with Crippen LogP contribution >= 0.6 is 11.8 Å². The normalized spacial score (nSPS) is 12.1. The first-order chi connectivity index (χ1) is 13.4. The lowest BCUT2D eigenvalue weighted by Crippen LogP contribution is -2.12. The van der Waals surface area contributed by atoms with E-state index in [-0.39, 0.29) is 11.8 Å². The van der Waals surface area contributed by atoms with Crippen molar-refractivity contribution in [1.82, 2.24) is 24.5 Å². The van der Waals surface area contributed by atoms with Crippen molar-refractivity contribution in [2.45, 2.75) is 51.4 Å². The minimum Gasteiger partial charge on any atom is -0.482 e. The summed E-state index contributed by atoms with van der Waals surface area (Å²) in [7, 11) is 0. The standard InChI is InChI=1S/C18H22N6O3S/c1-5-23-17(14(4)27-16-7-6-12(2)8-13(16)3)20-21-18(23)28-11-22-10-15(9-19-22)24(25)26/h6-10,14H,5,11H2,1-4H3. The Morgan fingerprint density at radius 3 is 2.75 bits per heavy atom. The fourth-order valence-electron chi connectivity index (χ4n) is 2.82. The molecule has 3 aromatic rings. The van der Waals surface area contributed by atoms with Crippen molar-refractivity contribution in [2.24, 2.45) is 0 Å². The van der Waals surface area contributed by atoms with Crippen molar-refractivity contribution in [3.63, 3.8) is 0 Å². The summed E-state index contributed by atoms with van der Waals surface area (Å²) in [6.45, 7) is 8.71. The van der Waals surface area contributed by atoms with Gasteiger partial charge in [0, 0.05) is 6.54 Å². The number of hydrogen-bond donors (Lipinski definition) is 0. The van der Waals surface area contributed by atoms with Crippen LogP contribution in [0.5, 0.6) is 5.75 Å². The highest BCUT2D eigenvalue weighted by atomic mass is 32.2. The van der Waals surface area contributed by atoms with Crippen LogP contribution in [0.1, 0.15) is 36.9 Å². The highest BCUT2D eigenvalue weighted by Crippen LogP contribution is 2.27. The Balaban J connectivity index is 1.72. The third-order valence-electron chi connectivity index (χ3n) is 4.22. The van der Waals surface area contributed by atoms with Gasteiger partial charge in [-0.25, -0.2) is 0 Å². The monoisotopic (exact) mass is 402 g/mol. The quantitative estimate of drug-likeness (QED) is 0.320. The van der Waals surface area contributed by atoms with Gasteiger partial charge in [0.2, 0.25) is 0 Å². The Bertz CT molecular complexity index is 984. The van der Waals surface area contributed by atoms with Crippen LogP contribution in [0.3, 0.4) is 0 Å². The Morgan fingerprint density at radius 2 is 2.11 bits per heavy atom. The minimum absolute atomic E-state index is 0.0336. The molecule has 2 heterocycles. The van der Waals surface area contributed by atoms with Crippen molar-refractivity contribution in [2.75, 3.05) is 0 Å². The minimum atomic E-state index is -0.465. The summed E-state index contributed by atoms with van der Waals surface area (Å²) in [6.07, 6.45) is 2.36. The number of ether oxygens (including phenoxy) is 1. The van der Waals surface area contributed by atoms with E-state index in [1.807, 2.05) is 44.4 Å². The lowest BCUT2D eigenvalue weighted by Gasteiger charge is -2.17. The van der Waals surface area contributed by atoms with Gasteiger partial charge in [0.15, 0.2) is 17.1 Å². The first-order valence-electron chi connectivity index (χ1n) is 8.85. The molecule has 148 valence electrons. The molecule has 0 aliphatic carbocycles. The van der Waals surface area contributed by atoms with Gasteiger partial charge in [0.25, 0.3) is 0 Å². The number of nitro groups is 1. The van der Waals surface area contributed by atoms with Crippen molar-refractivity contribution >= 4 is 17.4 Å². The smallest absolute Gasteiger partial charge is 0.307 e. The molecule has 0 N–H and O–H groups in total. The van der Waals surface area contributed by atoms with Crippen LogP contribution in [0, 0.1) is 24.0 Å². The highest BCUT2D eigenvalue weighted by Gasteiger charge is 2.20. The molecule has 10 heteroatoms. The molecule has 1 unspecified atom stereocenters. The lowest BCUT2D eigenvalue weighted by molar-refractivity contribution is -0.385. The highest BCUT2D eigenvalue weighted by molar-refractivity contribution is 7.98. The molecule has 0 spiro atoms. The van der Waals surface area contributed by atoms with Gasteiger partial charge in [0.1, 0.15) is 18.1 Å². The molecule has 0 aliphatic rings. The molecule has 0 saturated carbocycles.